The highest BCUT2D eigenvalue weighted by Gasteiger charge is 2.52. The Balaban J connectivity index is 2.60. The summed E-state index contributed by atoms with van der Waals surface area (Å²) in [6.07, 6.45) is 0.731. The summed E-state index contributed by atoms with van der Waals surface area (Å²) in [5.41, 5.74) is 0.443. The zero-order valence-electron chi connectivity index (χ0n) is 15.7. The van der Waals surface area contributed by atoms with Gasteiger partial charge in [-0.15, -0.1) is 0 Å². The average molecular weight is 410 g/mol. The molecule has 0 fully saturated rings. The normalized spacial score (nSPS) is 13.4. The van der Waals surface area contributed by atoms with Gasteiger partial charge in [-0.05, 0) is 18.6 Å². The molecule has 0 aliphatic heterocycles. The van der Waals surface area contributed by atoms with Gasteiger partial charge in [-0.3, -0.25) is 0 Å². The van der Waals surface area contributed by atoms with Crippen LogP contribution in [-0.4, -0.2) is 39.5 Å². The molecule has 0 heterocycles. The molecule has 1 N–H and O–H groups in total. The third-order valence-corrected chi connectivity index (χ3v) is 5.29. The minimum atomic E-state index is -4.37. The Bertz CT molecular complexity index is 911. The topological polar surface area (TPSA) is 108 Å². The Kier molecular flexibility index (Phi) is 7.00. The smallest absolute Gasteiger partial charge is 0.359 e. The number of carbonyl (C=O) groups excluding carboxylic acids is 1. The average Bonchev–Trinajstić information content (AvgIpc) is 2.66. The van der Waals surface area contributed by atoms with E-state index in [1.165, 1.54) is 32.2 Å². The van der Waals surface area contributed by atoms with Gasteiger partial charge in [0.1, 0.15) is 6.61 Å². The maximum absolute atomic E-state index is 12.4. The lowest BCUT2D eigenvalue weighted by atomic mass is 10.1. The Morgan fingerprint density at radius 2 is 1.79 bits per heavy atom. The summed E-state index contributed by atoms with van der Waals surface area (Å²) in [5, 5.41) is 11.0. The number of para-hydroxylation sites is 1. The van der Waals surface area contributed by atoms with Crippen molar-refractivity contribution >= 4 is 15.8 Å². The Morgan fingerprint density at radius 3 is 2.36 bits per heavy atom. The molecule has 1 atom stereocenters. The van der Waals surface area contributed by atoms with Crippen LogP contribution >= 0.6 is 0 Å². The third-order valence-electron chi connectivity index (χ3n) is 3.83. The van der Waals surface area contributed by atoms with Crippen molar-refractivity contribution in [1.82, 2.24) is 0 Å². The van der Waals surface area contributed by atoms with Crippen molar-refractivity contribution in [1.29, 1.82) is 0 Å². The lowest BCUT2D eigenvalue weighted by Gasteiger charge is -2.27. The van der Waals surface area contributed by atoms with Crippen LogP contribution in [0.2, 0.25) is 0 Å². The molecule has 0 spiro atoms. The predicted octanol–water partition coefficient (Wildman–Crippen LogP) is 1.96. The van der Waals surface area contributed by atoms with Crippen LogP contribution in [0.15, 0.2) is 48.5 Å². The van der Waals surface area contributed by atoms with Crippen molar-refractivity contribution in [3.8, 4) is 11.5 Å². The zero-order valence-corrected chi connectivity index (χ0v) is 16.6. The van der Waals surface area contributed by atoms with Crippen LogP contribution in [0, 0.1) is 0 Å². The molecule has 0 amide bonds. The monoisotopic (exact) mass is 410 g/mol. The molecule has 0 saturated carbocycles. The first-order valence-corrected chi connectivity index (χ1v) is 10.2. The molecule has 152 valence electrons. The number of carbonyl (C=O) groups is 1. The van der Waals surface area contributed by atoms with Gasteiger partial charge < -0.3 is 19.5 Å². The first kappa shape index (κ1) is 21.7. The number of hydrogen-bond acceptors (Lipinski definition) is 8. The van der Waals surface area contributed by atoms with Crippen LogP contribution in [0.1, 0.15) is 18.1 Å². The van der Waals surface area contributed by atoms with Gasteiger partial charge in [0.2, 0.25) is 5.75 Å². The fourth-order valence-electron chi connectivity index (χ4n) is 2.51. The van der Waals surface area contributed by atoms with E-state index in [1.54, 1.807) is 12.1 Å². The minimum absolute atomic E-state index is 0.0118. The van der Waals surface area contributed by atoms with Crippen LogP contribution in [0.5, 0.6) is 11.5 Å². The van der Waals surface area contributed by atoms with Gasteiger partial charge in [0.05, 0.1) is 19.3 Å². The van der Waals surface area contributed by atoms with Gasteiger partial charge in [-0.2, -0.15) is 4.89 Å². The van der Waals surface area contributed by atoms with Gasteiger partial charge in [0.25, 0.3) is 4.93 Å². The second-order valence-corrected chi connectivity index (χ2v) is 7.93. The second kappa shape index (κ2) is 9.05. The van der Waals surface area contributed by atoms with Crippen molar-refractivity contribution in [2.24, 2.45) is 0 Å². The van der Waals surface area contributed by atoms with Crippen LogP contribution in [0.4, 0.5) is 0 Å². The Morgan fingerprint density at radius 1 is 1.11 bits per heavy atom. The van der Waals surface area contributed by atoms with E-state index in [2.05, 4.69) is 4.89 Å². The molecule has 1 unspecified atom stereocenters. The molecule has 0 aliphatic rings. The van der Waals surface area contributed by atoms with E-state index >= 15 is 0 Å². The second-order valence-electron chi connectivity index (χ2n) is 5.79. The molecule has 2 aromatic rings. The van der Waals surface area contributed by atoms with Crippen molar-refractivity contribution in [3.63, 3.8) is 0 Å². The van der Waals surface area contributed by atoms with Gasteiger partial charge >= 0.3 is 5.97 Å². The zero-order chi connectivity index (χ0) is 20.8. The minimum Gasteiger partial charge on any atom is -0.484 e. The van der Waals surface area contributed by atoms with E-state index in [9.17, 15) is 18.3 Å². The molecular weight excluding hydrogens is 388 g/mol. The molecule has 8 nitrogen and oxygen atoms in total. The standard InChI is InChI=1S/C19H22O8S/c1-4-25-18(20)19(21,28(3,22)23)15-11-8-12-16(27-24-2)17(15)26-13-14-9-6-5-7-10-14/h5-12,21H,4,13H2,1-3H3. The first-order chi connectivity index (χ1) is 13.3. The van der Waals surface area contributed by atoms with Gasteiger partial charge in [-0.1, -0.05) is 42.5 Å². The summed E-state index contributed by atoms with van der Waals surface area (Å²) < 4.78 is 35.3. The van der Waals surface area contributed by atoms with E-state index in [0.717, 1.165) is 11.8 Å². The van der Waals surface area contributed by atoms with Gasteiger partial charge in [-0.25, -0.2) is 13.2 Å². The summed E-state index contributed by atoms with van der Waals surface area (Å²) in [4.78, 5) is 19.1. The number of ether oxygens (including phenoxy) is 2. The fourth-order valence-corrected chi connectivity index (χ4v) is 3.43. The van der Waals surface area contributed by atoms with Crippen molar-refractivity contribution in [3.05, 3.63) is 59.7 Å². The van der Waals surface area contributed by atoms with Crippen LogP contribution in [0.3, 0.4) is 0 Å². The molecular formula is C19H22O8S. The number of esters is 1. The van der Waals surface area contributed by atoms with Gasteiger partial charge in [0, 0.05) is 6.26 Å². The van der Waals surface area contributed by atoms with Gasteiger partial charge in [0.15, 0.2) is 15.6 Å². The summed E-state index contributed by atoms with van der Waals surface area (Å²) in [6, 6.07) is 13.1. The molecule has 2 rings (SSSR count). The fraction of sp³-hybridized carbons (Fsp3) is 0.316. The van der Waals surface area contributed by atoms with Crippen molar-refractivity contribution in [2.45, 2.75) is 18.5 Å². The van der Waals surface area contributed by atoms with E-state index in [0.29, 0.717) is 0 Å². The number of sulfone groups is 1. The highest BCUT2D eigenvalue weighted by molar-refractivity contribution is 7.92. The number of rotatable bonds is 9. The summed E-state index contributed by atoms with van der Waals surface area (Å²) >= 11 is 0. The number of hydrogen-bond donors (Lipinski definition) is 1. The molecule has 2 aromatic carbocycles. The molecule has 28 heavy (non-hydrogen) atoms. The van der Waals surface area contributed by atoms with Crippen LogP contribution in [-0.2, 0) is 35.8 Å². The van der Waals surface area contributed by atoms with E-state index < -0.39 is 20.7 Å². The van der Waals surface area contributed by atoms with Crippen molar-refractivity contribution in [2.75, 3.05) is 20.0 Å². The highest BCUT2D eigenvalue weighted by atomic mass is 32.2. The number of benzene rings is 2. The molecule has 0 radical (unpaired) electrons. The Labute approximate surface area is 163 Å². The maximum atomic E-state index is 12.4. The van der Waals surface area contributed by atoms with Crippen LogP contribution < -0.4 is 9.62 Å². The third kappa shape index (κ3) is 4.44. The molecule has 9 heteroatoms. The highest BCUT2D eigenvalue weighted by Crippen LogP contribution is 2.41. The maximum Gasteiger partial charge on any atom is 0.359 e. The summed E-state index contributed by atoms with van der Waals surface area (Å²) in [7, 11) is -3.12. The summed E-state index contributed by atoms with van der Waals surface area (Å²) in [5.74, 6) is -1.51. The molecule has 0 aromatic heterocycles. The molecule has 0 aliphatic carbocycles. The summed E-state index contributed by atoms with van der Waals surface area (Å²) in [6.45, 7) is 1.41. The van der Waals surface area contributed by atoms with Crippen molar-refractivity contribution < 1.29 is 37.6 Å². The lowest BCUT2D eigenvalue weighted by Crippen LogP contribution is -2.44. The largest absolute Gasteiger partial charge is 0.484 e. The van der Waals surface area contributed by atoms with Crippen LogP contribution in [0.25, 0.3) is 0 Å². The number of aliphatic hydroxyl groups is 1. The Hall–Kier alpha value is -2.62. The molecule has 0 saturated heterocycles. The van der Waals surface area contributed by atoms with E-state index in [-0.39, 0.29) is 30.3 Å². The predicted molar refractivity (Wildman–Crippen MR) is 100 cm³/mol. The van der Waals surface area contributed by atoms with E-state index in [4.69, 9.17) is 14.4 Å². The first-order valence-electron chi connectivity index (χ1n) is 8.35. The molecule has 0 bridgehead atoms. The lowest BCUT2D eigenvalue weighted by molar-refractivity contribution is -0.179. The quantitative estimate of drug-likeness (QED) is 0.380. The SMILES string of the molecule is CCOC(=O)C(O)(c1cccc(OOC)c1OCc1ccccc1)S(C)(=O)=O. The van der Waals surface area contributed by atoms with E-state index in [1.807, 2.05) is 18.2 Å².